The van der Waals surface area contributed by atoms with Crippen molar-refractivity contribution in [2.75, 3.05) is 25.1 Å². The molecule has 0 bridgehead atoms. The Bertz CT molecular complexity index is 1500. The third-order valence-corrected chi connectivity index (χ3v) is 5.76. The summed E-state index contributed by atoms with van der Waals surface area (Å²) in [6.45, 7) is 4.40. The van der Waals surface area contributed by atoms with E-state index in [1.54, 1.807) is 31.2 Å². The maximum absolute atomic E-state index is 13.1. The number of carbonyl (C=O) groups is 1. The SMILES string of the molecule is CCOCCOc1nc(-c2ccc(C(F)(F)F)cc2)n(-c2ccc(NC(=O)c3ccc(C)c([N+](=O)[O-])c3)cc2)n1. The van der Waals surface area contributed by atoms with Crippen molar-refractivity contribution in [2.24, 2.45) is 0 Å². The molecule has 1 heterocycles. The number of anilines is 1. The minimum Gasteiger partial charge on any atom is -0.460 e. The predicted octanol–water partition coefficient (Wildman–Crippen LogP) is 5.84. The summed E-state index contributed by atoms with van der Waals surface area (Å²) in [7, 11) is 0. The number of ether oxygens (including phenoxy) is 2. The van der Waals surface area contributed by atoms with Crippen LogP contribution in [-0.2, 0) is 10.9 Å². The fourth-order valence-corrected chi connectivity index (χ4v) is 3.70. The van der Waals surface area contributed by atoms with E-state index in [0.717, 1.165) is 12.1 Å². The molecular formula is C27H24F3N5O5. The van der Waals surface area contributed by atoms with Crippen LogP contribution in [0.15, 0.2) is 66.7 Å². The van der Waals surface area contributed by atoms with E-state index in [-0.39, 0.29) is 29.7 Å². The summed E-state index contributed by atoms with van der Waals surface area (Å²) < 4.78 is 51.4. The summed E-state index contributed by atoms with van der Waals surface area (Å²) >= 11 is 0. The van der Waals surface area contributed by atoms with Crippen molar-refractivity contribution in [1.29, 1.82) is 0 Å². The molecule has 0 atom stereocenters. The van der Waals surface area contributed by atoms with Gasteiger partial charge in [-0.3, -0.25) is 14.9 Å². The van der Waals surface area contributed by atoms with Crippen molar-refractivity contribution in [1.82, 2.24) is 14.8 Å². The van der Waals surface area contributed by atoms with Gasteiger partial charge in [-0.2, -0.15) is 18.2 Å². The molecule has 0 aliphatic heterocycles. The fraction of sp³-hybridized carbons (Fsp3) is 0.222. The summed E-state index contributed by atoms with van der Waals surface area (Å²) in [5, 5.41) is 18.2. The van der Waals surface area contributed by atoms with Crippen LogP contribution in [0, 0.1) is 17.0 Å². The molecule has 4 rings (SSSR count). The number of carbonyl (C=O) groups excluding carboxylic acids is 1. The molecule has 0 aliphatic rings. The van der Waals surface area contributed by atoms with Crippen molar-refractivity contribution in [3.05, 3.63) is 93.5 Å². The molecule has 13 heteroatoms. The molecule has 0 unspecified atom stereocenters. The number of rotatable bonds is 10. The minimum atomic E-state index is -4.48. The Morgan fingerprint density at radius 3 is 2.38 bits per heavy atom. The largest absolute Gasteiger partial charge is 0.460 e. The van der Waals surface area contributed by atoms with Gasteiger partial charge in [-0.15, -0.1) is 5.10 Å². The number of aromatic nitrogens is 3. The lowest BCUT2D eigenvalue weighted by molar-refractivity contribution is -0.385. The van der Waals surface area contributed by atoms with Crippen LogP contribution in [-0.4, -0.2) is 45.4 Å². The van der Waals surface area contributed by atoms with Crippen molar-refractivity contribution in [2.45, 2.75) is 20.0 Å². The lowest BCUT2D eigenvalue weighted by Crippen LogP contribution is -2.12. The molecule has 0 spiro atoms. The van der Waals surface area contributed by atoms with Crippen molar-refractivity contribution >= 4 is 17.3 Å². The van der Waals surface area contributed by atoms with Gasteiger partial charge in [0.05, 0.1) is 22.8 Å². The molecule has 3 aromatic carbocycles. The smallest absolute Gasteiger partial charge is 0.416 e. The molecule has 1 N–H and O–H groups in total. The van der Waals surface area contributed by atoms with Crippen molar-refractivity contribution < 1.29 is 32.4 Å². The van der Waals surface area contributed by atoms with Gasteiger partial charge in [-0.25, -0.2) is 4.68 Å². The lowest BCUT2D eigenvalue weighted by atomic mass is 10.1. The molecule has 1 amide bonds. The van der Waals surface area contributed by atoms with Gasteiger partial charge in [0, 0.05) is 35.1 Å². The van der Waals surface area contributed by atoms with Crippen LogP contribution < -0.4 is 10.1 Å². The number of nitrogens with zero attached hydrogens (tertiary/aromatic N) is 4. The number of alkyl halides is 3. The van der Waals surface area contributed by atoms with Crippen LogP contribution in [0.4, 0.5) is 24.5 Å². The van der Waals surface area contributed by atoms with E-state index in [0.29, 0.717) is 35.7 Å². The van der Waals surface area contributed by atoms with E-state index < -0.39 is 22.6 Å². The number of halogens is 3. The first-order valence-corrected chi connectivity index (χ1v) is 12.1. The molecule has 0 radical (unpaired) electrons. The topological polar surface area (TPSA) is 121 Å². The first-order valence-electron chi connectivity index (χ1n) is 12.1. The zero-order valence-corrected chi connectivity index (χ0v) is 21.4. The van der Waals surface area contributed by atoms with Gasteiger partial charge in [0.1, 0.15) is 6.61 Å². The van der Waals surface area contributed by atoms with Crippen LogP contribution >= 0.6 is 0 Å². The highest BCUT2D eigenvalue weighted by atomic mass is 19.4. The Hall–Kier alpha value is -4.78. The minimum absolute atomic E-state index is 0.00736. The molecule has 1 aromatic heterocycles. The van der Waals surface area contributed by atoms with Gasteiger partial charge in [-0.1, -0.05) is 18.2 Å². The number of aryl methyl sites for hydroxylation is 1. The molecule has 0 saturated heterocycles. The maximum Gasteiger partial charge on any atom is 0.416 e. The summed E-state index contributed by atoms with van der Waals surface area (Å²) in [4.78, 5) is 27.7. The molecule has 0 fully saturated rings. The monoisotopic (exact) mass is 555 g/mol. The number of nitro groups is 1. The van der Waals surface area contributed by atoms with E-state index in [2.05, 4.69) is 15.4 Å². The standard InChI is InChI=1S/C27H24F3N5O5/c1-3-39-14-15-40-26-32-24(18-6-8-20(9-7-18)27(28,29)30)34(33-26)22-12-10-21(11-13-22)31-25(36)19-5-4-17(2)23(16-19)35(37)38/h4-13,16H,3,14-15H2,1-2H3,(H,31,36). The van der Waals surface area contributed by atoms with Gasteiger partial charge < -0.3 is 14.8 Å². The van der Waals surface area contributed by atoms with Gasteiger partial charge in [-0.05, 0) is 56.3 Å². The lowest BCUT2D eigenvalue weighted by Gasteiger charge is -2.10. The summed E-state index contributed by atoms with van der Waals surface area (Å²) in [6, 6.07) is 15.1. The van der Waals surface area contributed by atoms with Gasteiger partial charge >= 0.3 is 12.2 Å². The average Bonchev–Trinajstić information content (AvgIpc) is 3.35. The van der Waals surface area contributed by atoms with E-state index in [1.807, 2.05) is 6.92 Å². The second-order valence-corrected chi connectivity index (χ2v) is 8.51. The number of hydrogen-bond acceptors (Lipinski definition) is 7. The molecule has 0 saturated carbocycles. The number of nitro benzene ring substituents is 1. The second-order valence-electron chi connectivity index (χ2n) is 8.51. The van der Waals surface area contributed by atoms with Crippen molar-refractivity contribution in [3.63, 3.8) is 0 Å². The van der Waals surface area contributed by atoms with E-state index in [4.69, 9.17) is 9.47 Å². The van der Waals surface area contributed by atoms with Crippen LogP contribution in [0.1, 0.15) is 28.4 Å². The Balaban J connectivity index is 1.59. The average molecular weight is 556 g/mol. The quantitative estimate of drug-likeness (QED) is 0.148. The van der Waals surface area contributed by atoms with Gasteiger partial charge in [0.2, 0.25) is 0 Å². The predicted molar refractivity (Wildman–Crippen MR) is 140 cm³/mol. The summed E-state index contributed by atoms with van der Waals surface area (Å²) in [6.07, 6.45) is -4.48. The Labute approximate surface area is 226 Å². The maximum atomic E-state index is 13.1. The molecule has 208 valence electrons. The third kappa shape index (κ3) is 6.61. The highest BCUT2D eigenvalue weighted by Crippen LogP contribution is 2.32. The second kappa shape index (κ2) is 11.9. The number of amides is 1. The first-order chi connectivity index (χ1) is 19.1. The Morgan fingerprint density at radius 2 is 1.75 bits per heavy atom. The van der Waals surface area contributed by atoms with E-state index >= 15 is 0 Å². The van der Waals surface area contributed by atoms with Crippen molar-refractivity contribution in [3.8, 4) is 23.1 Å². The molecule has 40 heavy (non-hydrogen) atoms. The molecule has 0 aliphatic carbocycles. The summed E-state index contributed by atoms with van der Waals surface area (Å²) in [5.74, 6) is -0.295. The number of hydrogen-bond donors (Lipinski definition) is 1. The number of benzene rings is 3. The Morgan fingerprint density at radius 1 is 1.05 bits per heavy atom. The number of nitrogens with one attached hydrogen (secondary N) is 1. The van der Waals surface area contributed by atoms with Gasteiger partial charge in [0.15, 0.2) is 5.82 Å². The first kappa shape index (κ1) is 28.2. The molecular weight excluding hydrogens is 531 g/mol. The van der Waals surface area contributed by atoms with Crippen LogP contribution in [0.5, 0.6) is 6.01 Å². The van der Waals surface area contributed by atoms with E-state index in [1.165, 1.54) is 35.0 Å². The zero-order valence-electron chi connectivity index (χ0n) is 21.4. The normalized spacial score (nSPS) is 11.3. The van der Waals surface area contributed by atoms with Crippen LogP contribution in [0.2, 0.25) is 0 Å². The highest BCUT2D eigenvalue weighted by molar-refractivity contribution is 6.04. The van der Waals surface area contributed by atoms with Crippen LogP contribution in [0.3, 0.4) is 0 Å². The third-order valence-electron chi connectivity index (χ3n) is 5.76. The molecule has 4 aromatic rings. The van der Waals surface area contributed by atoms with Gasteiger partial charge in [0.25, 0.3) is 11.6 Å². The molecule has 10 nitrogen and oxygen atoms in total. The Kier molecular flexibility index (Phi) is 8.43. The van der Waals surface area contributed by atoms with E-state index in [9.17, 15) is 28.1 Å². The van der Waals surface area contributed by atoms with Crippen LogP contribution in [0.25, 0.3) is 17.1 Å². The summed E-state index contributed by atoms with van der Waals surface area (Å²) in [5.41, 5.74) is 0.865. The zero-order chi connectivity index (χ0) is 28.9. The fourth-order valence-electron chi connectivity index (χ4n) is 3.70. The highest BCUT2D eigenvalue weighted by Gasteiger charge is 2.30.